The number of ketones is 1. The van der Waals surface area contributed by atoms with E-state index in [0.717, 1.165) is 5.56 Å². The number of ether oxygens (including phenoxy) is 1. The molecule has 8 heteroatoms. The Morgan fingerprint density at radius 2 is 1.69 bits per heavy atom. The van der Waals surface area contributed by atoms with Crippen LogP contribution in [0.25, 0.3) is 0 Å². The molecule has 32 heavy (non-hydrogen) atoms. The third kappa shape index (κ3) is 3.96. The number of sulfonamides is 1. The van der Waals surface area contributed by atoms with Gasteiger partial charge in [-0.15, -0.1) is 0 Å². The van der Waals surface area contributed by atoms with Gasteiger partial charge in [0.05, 0.1) is 12.0 Å². The molecule has 1 unspecified atom stereocenters. The van der Waals surface area contributed by atoms with Gasteiger partial charge in [-0.2, -0.15) is 0 Å². The molecule has 2 aliphatic rings. The summed E-state index contributed by atoms with van der Waals surface area (Å²) in [5.74, 6) is 0.109. The zero-order valence-electron chi connectivity index (χ0n) is 18.3. The lowest BCUT2D eigenvalue weighted by Crippen LogP contribution is -2.43. The normalized spacial score (nSPS) is 20.9. The largest absolute Gasteiger partial charge is 0.496 e. The van der Waals surface area contributed by atoms with E-state index in [2.05, 4.69) is 0 Å². The molecule has 2 N–H and O–H groups in total. The monoisotopic (exact) mass is 454 g/mol. The van der Waals surface area contributed by atoms with Crippen molar-refractivity contribution < 1.29 is 22.7 Å². The molecule has 2 aromatic rings. The average Bonchev–Trinajstić information content (AvgIpc) is 2.71. The lowest BCUT2D eigenvalue weighted by atomic mass is 9.69. The number of nitrogens with two attached hydrogens (primary N) is 1. The van der Waals surface area contributed by atoms with Crippen LogP contribution in [0.15, 0.2) is 64.7 Å². The van der Waals surface area contributed by atoms with Crippen molar-refractivity contribution in [2.24, 2.45) is 10.6 Å². The highest BCUT2D eigenvalue weighted by Gasteiger charge is 2.45. The van der Waals surface area contributed by atoms with Crippen LogP contribution in [-0.4, -0.2) is 27.2 Å². The van der Waals surface area contributed by atoms with Crippen LogP contribution in [0.5, 0.6) is 5.75 Å². The van der Waals surface area contributed by atoms with Gasteiger partial charge in [-0.25, -0.2) is 13.6 Å². The topological polar surface area (TPSA) is 107 Å². The van der Waals surface area contributed by atoms with Crippen molar-refractivity contribution in [2.45, 2.75) is 43.9 Å². The van der Waals surface area contributed by atoms with E-state index in [1.165, 1.54) is 12.1 Å². The van der Waals surface area contributed by atoms with Gasteiger partial charge in [-0.3, -0.25) is 14.5 Å². The third-order valence-electron chi connectivity index (χ3n) is 6.08. The minimum Gasteiger partial charge on any atom is -0.496 e. The molecule has 7 nitrogen and oxygen atoms in total. The Morgan fingerprint density at radius 1 is 1.03 bits per heavy atom. The van der Waals surface area contributed by atoms with E-state index in [1.807, 2.05) is 38.1 Å². The van der Waals surface area contributed by atoms with Crippen LogP contribution in [-0.2, 0) is 19.6 Å². The molecule has 0 fully saturated rings. The van der Waals surface area contributed by atoms with Gasteiger partial charge in [0.25, 0.3) is 0 Å². The maximum Gasteiger partial charge on any atom is 0.238 e. The van der Waals surface area contributed by atoms with Crippen molar-refractivity contribution in [3.05, 3.63) is 65.4 Å². The molecule has 0 aromatic heterocycles. The molecule has 1 atom stereocenters. The lowest BCUT2D eigenvalue weighted by Gasteiger charge is -2.43. The summed E-state index contributed by atoms with van der Waals surface area (Å²) in [6.07, 6.45) is 1.05. The zero-order valence-corrected chi connectivity index (χ0v) is 19.1. The number of methoxy groups -OCH3 is 1. The van der Waals surface area contributed by atoms with Crippen molar-refractivity contribution in [3.8, 4) is 5.75 Å². The maximum atomic E-state index is 13.4. The fourth-order valence-corrected chi connectivity index (χ4v) is 5.24. The first-order chi connectivity index (χ1) is 15.0. The van der Waals surface area contributed by atoms with E-state index in [9.17, 15) is 18.0 Å². The van der Waals surface area contributed by atoms with Gasteiger partial charge in [0.15, 0.2) is 5.78 Å². The predicted octanol–water partition coefficient (Wildman–Crippen LogP) is 3.51. The van der Waals surface area contributed by atoms with E-state index in [1.54, 1.807) is 24.1 Å². The summed E-state index contributed by atoms with van der Waals surface area (Å²) in [4.78, 5) is 28.3. The highest BCUT2D eigenvalue weighted by molar-refractivity contribution is 7.89. The first-order valence-corrected chi connectivity index (χ1v) is 11.9. The van der Waals surface area contributed by atoms with E-state index < -0.39 is 15.9 Å². The number of amides is 1. The Hall–Kier alpha value is -2.97. The number of primary sulfonamides is 1. The first kappa shape index (κ1) is 22.2. The standard InChI is InChI=1S/C24H26N2O5S/c1-24(2)13-19-23(20(27)14-24)18(17-6-4-5-7-21(17)31-3)12-22(28)26(19)15-8-10-16(11-9-15)32(25,29)30/h4-11,18H,12-14H2,1-3H3,(H2,25,29,30). The van der Waals surface area contributed by atoms with Crippen molar-refractivity contribution in [1.82, 2.24) is 0 Å². The van der Waals surface area contributed by atoms with Gasteiger partial charge < -0.3 is 4.74 Å². The number of benzene rings is 2. The SMILES string of the molecule is COc1ccccc1C1CC(=O)N(c2ccc(S(N)(=O)=O)cc2)C2=C1C(=O)CC(C)(C)C2. The number of anilines is 1. The molecule has 1 aliphatic carbocycles. The van der Waals surface area contributed by atoms with E-state index >= 15 is 0 Å². The van der Waals surface area contributed by atoms with Gasteiger partial charge in [-0.05, 0) is 42.2 Å². The number of hydrogen-bond acceptors (Lipinski definition) is 5. The van der Waals surface area contributed by atoms with E-state index in [-0.39, 0.29) is 28.4 Å². The van der Waals surface area contributed by atoms with Crippen LogP contribution in [0.3, 0.4) is 0 Å². The molecular formula is C24H26N2O5S. The fraction of sp³-hybridized carbons (Fsp3) is 0.333. The Balaban J connectivity index is 1.89. The number of nitrogens with zero attached hydrogens (tertiary/aromatic N) is 1. The number of Topliss-reactive ketones (excluding diaryl/α,β-unsaturated/α-hetero) is 1. The van der Waals surface area contributed by atoms with Gasteiger partial charge in [0.1, 0.15) is 5.75 Å². The number of hydrogen-bond donors (Lipinski definition) is 1. The Labute approximate surface area is 187 Å². The van der Waals surface area contributed by atoms with Crippen LogP contribution in [0, 0.1) is 5.41 Å². The predicted molar refractivity (Wildman–Crippen MR) is 121 cm³/mol. The second kappa shape index (κ2) is 7.86. The highest BCUT2D eigenvalue weighted by atomic mass is 32.2. The molecule has 0 saturated heterocycles. The van der Waals surface area contributed by atoms with Crippen molar-refractivity contribution in [2.75, 3.05) is 12.0 Å². The smallest absolute Gasteiger partial charge is 0.238 e. The number of para-hydroxylation sites is 1. The summed E-state index contributed by atoms with van der Waals surface area (Å²) in [6.45, 7) is 4.02. The molecule has 0 radical (unpaired) electrons. The summed E-state index contributed by atoms with van der Waals surface area (Å²) in [7, 11) is -2.28. The van der Waals surface area contributed by atoms with Crippen LogP contribution >= 0.6 is 0 Å². The fourth-order valence-electron chi connectivity index (χ4n) is 4.72. The van der Waals surface area contributed by atoms with Crippen LogP contribution < -0.4 is 14.8 Å². The van der Waals surface area contributed by atoms with Gasteiger partial charge >= 0.3 is 0 Å². The maximum absolute atomic E-state index is 13.4. The summed E-state index contributed by atoms with van der Waals surface area (Å²) in [6, 6.07) is 13.3. The number of rotatable bonds is 4. The zero-order chi connectivity index (χ0) is 23.3. The lowest BCUT2D eigenvalue weighted by molar-refractivity contribution is -0.121. The average molecular weight is 455 g/mol. The molecule has 1 heterocycles. The molecule has 0 bridgehead atoms. The van der Waals surface area contributed by atoms with Crippen LogP contribution in [0.1, 0.15) is 44.6 Å². The van der Waals surface area contributed by atoms with Crippen molar-refractivity contribution in [1.29, 1.82) is 0 Å². The second-order valence-corrected chi connectivity index (χ2v) is 10.6. The van der Waals surface area contributed by atoms with Gasteiger partial charge in [0, 0.05) is 41.3 Å². The molecular weight excluding hydrogens is 428 g/mol. The van der Waals surface area contributed by atoms with Crippen LogP contribution in [0.2, 0.25) is 0 Å². The molecule has 2 aromatic carbocycles. The van der Waals surface area contributed by atoms with E-state index in [0.29, 0.717) is 35.5 Å². The van der Waals surface area contributed by atoms with Gasteiger partial charge in [0.2, 0.25) is 15.9 Å². The molecule has 1 aliphatic heterocycles. The van der Waals surface area contributed by atoms with Crippen molar-refractivity contribution in [3.63, 3.8) is 0 Å². The molecule has 0 spiro atoms. The Morgan fingerprint density at radius 3 is 2.31 bits per heavy atom. The minimum atomic E-state index is -3.85. The summed E-state index contributed by atoms with van der Waals surface area (Å²) >= 11 is 0. The minimum absolute atomic E-state index is 0.0193. The molecule has 0 saturated carbocycles. The first-order valence-electron chi connectivity index (χ1n) is 10.4. The number of carbonyl (C=O) groups is 2. The molecule has 1 amide bonds. The number of carbonyl (C=O) groups excluding carboxylic acids is 2. The number of allylic oxidation sites excluding steroid dienone is 2. The van der Waals surface area contributed by atoms with Crippen molar-refractivity contribution >= 4 is 27.4 Å². The molecule has 4 rings (SSSR count). The summed E-state index contributed by atoms with van der Waals surface area (Å²) in [5.41, 5.74) is 2.31. The van der Waals surface area contributed by atoms with Crippen LogP contribution in [0.4, 0.5) is 5.69 Å². The Bertz CT molecular complexity index is 1230. The second-order valence-electron chi connectivity index (χ2n) is 9.07. The molecule has 168 valence electrons. The quantitative estimate of drug-likeness (QED) is 0.761. The summed E-state index contributed by atoms with van der Waals surface area (Å²) < 4.78 is 28.8. The summed E-state index contributed by atoms with van der Waals surface area (Å²) in [5, 5.41) is 5.21. The van der Waals surface area contributed by atoms with E-state index in [4.69, 9.17) is 9.88 Å². The van der Waals surface area contributed by atoms with Gasteiger partial charge in [-0.1, -0.05) is 32.0 Å². The Kier molecular flexibility index (Phi) is 5.46. The highest BCUT2D eigenvalue weighted by Crippen LogP contribution is 2.49. The third-order valence-corrected chi connectivity index (χ3v) is 7.01.